The van der Waals surface area contributed by atoms with Gasteiger partial charge in [0.15, 0.2) is 0 Å². The molecule has 0 aliphatic heterocycles. The van der Waals surface area contributed by atoms with Crippen LogP contribution in [0.2, 0.25) is 0 Å². The fourth-order valence-electron chi connectivity index (χ4n) is 2.18. The van der Waals surface area contributed by atoms with E-state index >= 15 is 0 Å². The van der Waals surface area contributed by atoms with Gasteiger partial charge in [0.1, 0.15) is 4.99 Å². The molecule has 0 radical (unpaired) electrons. The molecule has 0 heterocycles. The number of thiocarbonyl (C=S) groups is 1. The van der Waals surface area contributed by atoms with E-state index in [1.165, 1.54) is 0 Å². The zero-order chi connectivity index (χ0) is 15.6. The number of anilines is 1. The van der Waals surface area contributed by atoms with E-state index in [1.54, 1.807) is 6.07 Å². The van der Waals surface area contributed by atoms with Crippen molar-refractivity contribution in [2.75, 3.05) is 5.32 Å². The minimum absolute atomic E-state index is 0.166. The molecule has 0 aliphatic rings. The van der Waals surface area contributed by atoms with Gasteiger partial charge in [0, 0.05) is 11.1 Å². The van der Waals surface area contributed by atoms with Crippen molar-refractivity contribution in [2.45, 2.75) is 20.8 Å². The molecule has 21 heavy (non-hydrogen) atoms. The largest absolute Gasteiger partial charge is 0.389 e. The molecule has 4 heteroatoms. The van der Waals surface area contributed by atoms with Crippen LogP contribution in [0, 0.1) is 20.8 Å². The fourth-order valence-corrected chi connectivity index (χ4v) is 2.45. The number of hydrogen-bond donors (Lipinski definition) is 2. The van der Waals surface area contributed by atoms with Gasteiger partial charge in [0.05, 0.1) is 5.69 Å². The van der Waals surface area contributed by atoms with Gasteiger partial charge in [-0.05, 0) is 55.7 Å². The second-order valence-electron chi connectivity index (χ2n) is 5.11. The number of nitrogens with two attached hydrogens (primary N) is 1. The number of aryl methyl sites for hydroxylation is 3. The molecule has 0 unspecified atom stereocenters. The highest BCUT2D eigenvalue weighted by Crippen LogP contribution is 2.20. The van der Waals surface area contributed by atoms with E-state index in [2.05, 4.69) is 5.32 Å². The number of hydrogen-bond acceptors (Lipinski definition) is 2. The second-order valence-corrected chi connectivity index (χ2v) is 5.55. The molecule has 0 saturated carbocycles. The lowest BCUT2D eigenvalue weighted by Crippen LogP contribution is -2.18. The Hall–Kier alpha value is -2.20. The summed E-state index contributed by atoms with van der Waals surface area (Å²) in [7, 11) is 0. The molecule has 0 aromatic heterocycles. The molecular weight excluding hydrogens is 280 g/mol. The first-order valence-electron chi connectivity index (χ1n) is 6.68. The number of carbonyl (C=O) groups excluding carboxylic acids is 1. The van der Waals surface area contributed by atoms with Gasteiger partial charge < -0.3 is 11.1 Å². The Morgan fingerprint density at radius 2 is 1.76 bits per heavy atom. The third kappa shape index (κ3) is 3.28. The van der Waals surface area contributed by atoms with E-state index in [1.807, 2.05) is 51.1 Å². The fraction of sp³-hybridized carbons (Fsp3) is 0.176. The standard InChI is InChI=1S/C17H18N2OS/c1-10-7-8-13(9-12(10)3)17(20)19-14-6-4-5-11(2)15(14)16(18)21/h4-9H,1-3H3,(H2,18,21)(H,19,20). The molecule has 1 amide bonds. The third-order valence-electron chi connectivity index (χ3n) is 3.54. The molecule has 2 rings (SSSR count). The van der Waals surface area contributed by atoms with Crippen LogP contribution < -0.4 is 11.1 Å². The molecule has 3 nitrogen and oxygen atoms in total. The van der Waals surface area contributed by atoms with Crippen molar-refractivity contribution < 1.29 is 4.79 Å². The highest BCUT2D eigenvalue weighted by atomic mass is 32.1. The SMILES string of the molecule is Cc1ccc(C(=O)Nc2cccc(C)c2C(N)=S)cc1C. The van der Waals surface area contributed by atoms with Gasteiger partial charge in [0.2, 0.25) is 0 Å². The monoisotopic (exact) mass is 298 g/mol. The van der Waals surface area contributed by atoms with Crippen molar-refractivity contribution in [2.24, 2.45) is 5.73 Å². The van der Waals surface area contributed by atoms with Crippen LogP contribution >= 0.6 is 12.2 Å². The van der Waals surface area contributed by atoms with E-state index in [0.717, 1.165) is 16.7 Å². The van der Waals surface area contributed by atoms with Crippen LogP contribution in [0.1, 0.15) is 32.6 Å². The Morgan fingerprint density at radius 1 is 1.05 bits per heavy atom. The summed E-state index contributed by atoms with van der Waals surface area (Å²) in [5.41, 5.74) is 10.9. The van der Waals surface area contributed by atoms with Crippen LogP contribution in [0.3, 0.4) is 0 Å². The lowest BCUT2D eigenvalue weighted by Gasteiger charge is -2.13. The second kappa shape index (κ2) is 6.06. The summed E-state index contributed by atoms with van der Waals surface area (Å²) in [5.74, 6) is -0.166. The van der Waals surface area contributed by atoms with Crippen LogP contribution in [0.15, 0.2) is 36.4 Å². The molecule has 0 fully saturated rings. The van der Waals surface area contributed by atoms with Gasteiger partial charge in [-0.3, -0.25) is 4.79 Å². The normalized spacial score (nSPS) is 10.2. The van der Waals surface area contributed by atoms with Crippen molar-refractivity contribution in [3.05, 3.63) is 64.2 Å². The summed E-state index contributed by atoms with van der Waals surface area (Å²) < 4.78 is 0. The van der Waals surface area contributed by atoms with Crippen molar-refractivity contribution in [1.29, 1.82) is 0 Å². The molecule has 0 saturated heterocycles. The van der Waals surface area contributed by atoms with Gasteiger partial charge in [-0.15, -0.1) is 0 Å². The molecule has 2 aromatic carbocycles. The summed E-state index contributed by atoms with van der Waals surface area (Å²) in [6.07, 6.45) is 0. The van der Waals surface area contributed by atoms with E-state index in [4.69, 9.17) is 18.0 Å². The molecule has 0 spiro atoms. The van der Waals surface area contributed by atoms with Crippen LogP contribution in [0.25, 0.3) is 0 Å². The minimum atomic E-state index is -0.166. The lowest BCUT2D eigenvalue weighted by atomic mass is 10.0. The maximum Gasteiger partial charge on any atom is 0.255 e. The summed E-state index contributed by atoms with van der Waals surface area (Å²) in [5, 5.41) is 2.89. The smallest absolute Gasteiger partial charge is 0.255 e. The van der Waals surface area contributed by atoms with Crippen molar-refractivity contribution in [3.63, 3.8) is 0 Å². The lowest BCUT2D eigenvalue weighted by molar-refractivity contribution is 0.102. The molecule has 108 valence electrons. The predicted molar refractivity (Wildman–Crippen MR) is 90.9 cm³/mol. The Balaban J connectivity index is 2.34. The number of rotatable bonds is 3. The van der Waals surface area contributed by atoms with Crippen molar-refractivity contribution in [1.82, 2.24) is 0 Å². The third-order valence-corrected chi connectivity index (χ3v) is 3.74. The molecule has 3 N–H and O–H groups in total. The predicted octanol–water partition coefficient (Wildman–Crippen LogP) is 3.50. The first-order valence-corrected chi connectivity index (χ1v) is 7.09. The maximum atomic E-state index is 12.4. The van der Waals surface area contributed by atoms with E-state index in [-0.39, 0.29) is 10.9 Å². The quantitative estimate of drug-likeness (QED) is 0.853. The van der Waals surface area contributed by atoms with Crippen LogP contribution in [0.4, 0.5) is 5.69 Å². The molecule has 0 bridgehead atoms. The molecule has 0 atom stereocenters. The van der Waals surface area contributed by atoms with E-state index in [9.17, 15) is 4.79 Å². The Morgan fingerprint density at radius 3 is 2.38 bits per heavy atom. The summed E-state index contributed by atoms with van der Waals surface area (Å²) in [4.78, 5) is 12.6. The maximum absolute atomic E-state index is 12.4. The number of nitrogens with one attached hydrogen (secondary N) is 1. The zero-order valence-electron chi connectivity index (χ0n) is 12.4. The topological polar surface area (TPSA) is 55.1 Å². The summed E-state index contributed by atoms with van der Waals surface area (Å²) in [6.45, 7) is 5.92. The zero-order valence-corrected chi connectivity index (χ0v) is 13.2. The van der Waals surface area contributed by atoms with Gasteiger partial charge in [-0.25, -0.2) is 0 Å². The van der Waals surface area contributed by atoms with Crippen LogP contribution in [-0.4, -0.2) is 10.9 Å². The first-order chi connectivity index (χ1) is 9.90. The van der Waals surface area contributed by atoms with Crippen LogP contribution in [-0.2, 0) is 0 Å². The Kier molecular flexibility index (Phi) is 4.38. The summed E-state index contributed by atoms with van der Waals surface area (Å²) >= 11 is 5.07. The average molecular weight is 298 g/mol. The molecule has 0 aliphatic carbocycles. The highest BCUT2D eigenvalue weighted by Gasteiger charge is 2.12. The van der Waals surface area contributed by atoms with Gasteiger partial charge in [-0.2, -0.15) is 0 Å². The van der Waals surface area contributed by atoms with Gasteiger partial charge in [0.25, 0.3) is 5.91 Å². The van der Waals surface area contributed by atoms with Gasteiger partial charge >= 0.3 is 0 Å². The Bertz CT molecular complexity index is 723. The first kappa shape index (κ1) is 15.2. The summed E-state index contributed by atoms with van der Waals surface area (Å²) in [6, 6.07) is 11.2. The van der Waals surface area contributed by atoms with Crippen LogP contribution in [0.5, 0.6) is 0 Å². The minimum Gasteiger partial charge on any atom is -0.389 e. The van der Waals surface area contributed by atoms with E-state index in [0.29, 0.717) is 16.8 Å². The van der Waals surface area contributed by atoms with Crippen molar-refractivity contribution >= 4 is 28.8 Å². The molecule has 2 aromatic rings. The highest BCUT2D eigenvalue weighted by molar-refractivity contribution is 7.80. The average Bonchev–Trinajstić information content (AvgIpc) is 2.41. The number of amides is 1. The Labute approximate surface area is 130 Å². The van der Waals surface area contributed by atoms with Gasteiger partial charge in [-0.1, -0.05) is 30.4 Å². The van der Waals surface area contributed by atoms with E-state index < -0.39 is 0 Å². The number of carbonyl (C=O) groups is 1. The number of benzene rings is 2. The van der Waals surface area contributed by atoms with Crippen molar-refractivity contribution in [3.8, 4) is 0 Å². The molecular formula is C17H18N2OS.